The van der Waals surface area contributed by atoms with Gasteiger partial charge in [0, 0.05) is 17.3 Å². The molecule has 0 aliphatic rings. The summed E-state index contributed by atoms with van der Waals surface area (Å²) in [5.41, 5.74) is 0.828. The van der Waals surface area contributed by atoms with Crippen molar-refractivity contribution in [1.82, 2.24) is 20.1 Å². The SMILES string of the molecule is CCn1c(SCC(=O)Nc2ccc(F)cc2)nnc1C(CC(C)C)NC(=O)c1ccc(Cl)cc1Cl. The van der Waals surface area contributed by atoms with Gasteiger partial charge in [0.2, 0.25) is 5.91 Å². The molecule has 0 bridgehead atoms. The molecule has 1 atom stereocenters. The zero-order valence-electron chi connectivity index (χ0n) is 19.5. The molecule has 2 amide bonds. The van der Waals surface area contributed by atoms with E-state index in [1.807, 2.05) is 11.5 Å². The third kappa shape index (κ3) is 7.43. The lowest BCUT2D eigenvalue weighted by molar-refractivity contribution is -0.113. The predicted octanol–water partition coefficient (Wildman–Crippen LogP) is 5.99. The summed E-state index contributed by atoms with van der Waals surface area (Å²) in [5, 5.41) is 15.6. The average molecular weight is 538 g/mol. The fourth-order valence-electron chi connectivity index (χ4n) is 3.43. The minimum absolute atomic E-state index is 0.0943. The predicted molar refractivity (Wildman–Crippen MR) is 138 cm³/mol. The average Bonchev–Trinajstić information content (AvgIpc) is 3.21. The first-order valence-electron chi connectivity index (χ1n) is 11.0. The van der Waals surface area contributed by atoms with Crippen LogP contribution in [0.25, 0.3) is 0 Å². The van der Waals surface area contributed by atoms with Crippen molar-refractivity contribution in [3.05, 3.63) is 69.7 Å². The summed E-state index contributed by atoms with van der Waals surface area (Å²) in [6.07, 6.45) is 0.630. The highest BCUT2D eigenvalue weighted by molar-refractivity contribution is 7.99. The van der Waals surface area contributed by atoms with Crippen LogP contribution in [0, 0.1) is 11.7 Å². The van der Waals surface area contributed by atoms with Gasteiger partial charge < -0.3 is 15.2 Å². The third-order valence-corrected chi connectivity index (χ3v) is 6.54. The quantitative estimate of drug-likeness (QED) is 0.310. The molecule has 3 aromatic rings. The van der Waals surface area contributed by atoms with E-state index in [1.165, 1.54) is 42.1 Å². The van der Waals surface area contributed by atoms with E-state index in [-0.39, 0.29) is 34.3 Å². The first kappa shape index (κ1) is 27.0. The number of hydrogen-bond donors (Lipinski definition) is 2. The first-order valence-corrected chi connectivity index (χ1v) is 12.8. The summed E-state index contributed by atoms with van der Waals surface area (Å²) in [4.78, 5) is 25.3. The van der Waals surface area contributed by atoms with Crippen LogP contribution in [0.5, 0.6) is 0 Å². The molecule has 1 aromatic heterocycles. The number of nitrogens with zero attached hydrogens (tertiary/aromatic N) is 3. The Morgan fingerprint density at radius 2 is 1.83 bits per heavy atom. The first-order chi connectivity index (χ1) is 16.7. The van der Waals surface area contributed by atoms with Crippen LogP contribution in [0.4, 0.5) is 10.1 Å². The van der Waals surface area contributed by atoms with E-state index in [1.54, 1.807) is 12.1 Å². The van der Waals surface area contributed by atoms with Gasteiger partial charge >= 0.3 is 0 Å². The molecule has 0 aliphatic carbocycles. The number of hydrogen-bond acceptors (Lipinski definition) is 5. The van der Waals surface area contributed by atoms with Crippen LogP contribution in [-0.4, -0.2) is 32.3 Å². The number of thioether (sulfide) groups is 1. The van der Waals surface area contributed by atoms with Crippen molar-refractivity contribution in [1.29, 1.82) is 0 Å². The summed E-state index contributed by atoms with van der Waals surface area (Å²) in [6.45, 7) is 6.60. The fraction of sp³-hybridized carbons (Fsp3) is 0.333. The van der Waals surface area contributed by atoms with Gasteiger partial charge in [0.15, 0.2) is 11.0 Å². The van der Waals surface area contributed by atoms with Crippen molar-refractivity contribution < 1.29 is 14.0 Å². The van der Waals surface area contributed by atoms with Crippen LogP contribution in [-0.2, 0) is 11.3 Å². The molecule has 0 saturated carbocycles. The Morgan fingerprint density at radius 1 is 1.11 bits per heavy atom. The van der Waals surface area contributed by atoms with Gasteiger partial charge in [-0.15, -0.1) is 10.2 Å². The normalized spacial score (nSPS) is 12.0. The van der Waals surface area contributed by atoms with E-state index in [4.69, 9.17) is 23.2 Å². The Kier molecular flexibility index (Phi) is 9.54. The van der Waals surface area contributed by atoms with Gasteiger partial charge in [0.05, 0.1) is 22.4 Å². The van der Waals surface area contributed by atoms with Crippen LogP contribution in [0.15, 0.2) is 47.6 Å². The van der Waals surface area contributed by atoms with Gasteiger partial charge in [-0.05, 0) is 61.7 Å². The van der Waals surface area contributed by atoms with Crippen LogP contribution in [0.2, 0.25) is 10.0 Å². The molecule has 35 heavy (non-hydrogen) atoms. The van der Waals surface area contributed by atoms with Crippen molar-refractivity contribution in [2.45, 2.75) is 44.9 Å². The number of carbonyl (C=O) groups is 2. The topological polar surface area (TPSA) is 88.9 Å². The molecule has 0 saturated heterocycles. The zero-order valence-corrected chi connectivity index (χ0v) is 21.8. The Labute approximate surface area is 217 Å². The van der Waals surface area contributed by atoms with Gasteiger partial charge in [-0.3, -0.25) is 9.59 Å². The lowest BCUT2D eigenvalue weighted by Gasteiger charge is -2.21. The fourth-order valence-corrected chi connectivity index (χ4v) is 4.74. The van der Waals surface area contributed by atoms with E-state index < -0.39 is 6.04 Å². The molecule has 0 spiro atoms. The maximum Gasteiger partial charge on any atom is 0.253 e. The molecule has 0 aliphatic heterocycles. The smallest absolute Gasteiger partial charge is 0.253 e. The molecular formula is C24H26Cl2FN5O2S. The van der Waals surface area contributed by atoms with Crippen molar-refractivity contribution in [2.75, 3.05) is 11.1 Å². The van der Waals surface area contributed by atoms with E-state index in [0.717, 1.165) is 0 Å². The summed E-state index contributed by atoms with van der Waals surface area (Å²) in [7, 11) is 0. The van der Waals surface area contributed by atoms with E-state index in [9.17, 15) is 14.0 Å². The van der Waals surface area contributed by atoms with Crippen molar-refractivity contribution in [3.63, 3.8) is 0 Å². The molecule has 186 valence electrons. The number of aromatic nitrogens is 3. The number of benzene rings is 2. The molecule has 11 heteroatoms. The van der Waals surface area contributed by atoms with E-state index in [0.29, 0.717) is 40.2 Å². The monoisotopic (exact) mass is 537 g/mol. The van der Waals surface area contributed by atoms with Gasteiger partial charge in [0.25, 0.3) is 5.91 Å². The van der Waals surface area contributed by atoms with Crippen LogP contribution in [0.1, 0.15) is 49.4 Å². The summed E-state index contributed by atoms with van der Waals surface area (Å²) in [5.74, 6) is -0.00467. The maximum atomic E-state index is 13.1. The van der Waals surface area contributed by atoms with Crippen molar-refractivity contribution in [2.24, 2.45) is 5.92 Å². The second-order valence-electron chi connectivity index (χ2n) is 8.21. The van der Waals surface area contributed by atoms with Crippen LogP contribution in [0.3, 0.4) is 0 Å². The minimum atomic E-state index is -0.413. The highest BCUT2D eigenvalue weighted by Crippen LogP contribution is 2.27. The molecule has 7 nitrogen and oxygen atoms in total. The Hall–Kier alpha value is -2.62. The van der Waals surface area contributed by atoms with Gasteiger partial charge in [-0.25, -0.2) is 4.39 Å². The summed E-state index contributed by atoms with van der Waals surface area (Å²) >= 11 is 13.4. The van der Waals surface area contributed by atoms with Crippen molar-refractivity contribution >= 4 is 52.5 Å². The number of rotatable bonds is 10. The van der Waals surface area contributed by atoms with Gasteiger partial charge in [0.1, 0.15) is 5.82 Å². The number of nitrogens with one attached hydrogen (secondary N) is 2. The molecule has 2 aromatic carbocycles. The highest BCUT2D eigenvalue weighted by atomic mass is 35.5. The second kappa shape index (κ2) is 12.4. The Bertz CT molecular complexity index is 1190. The molecule has 2 N–H and O–H groups in total. The van der Waals surface area contributed by atoms with Crippen LogP contribution < -0.4 is 10.6 Å². The third-order valence-electron chi connectivity index (χ3n) is 5.02. The largest absolute Gasteiger partial charge is 0.342 e. The Balaban J connectivity index is 1.74. The lowest BCUT2D eigenvalue weighted by Crippen LogP contribution is -2.31. The van der Waals surface area contributed by atoms with Gasteiger partial charge in [-0.2, -0.15) is 0 Å². The molecule has 1 heterocycles. The molecule has 0 fully saturated rings. The number of amides is 2. The number of anilines is 1. The highest BCUT2D eigenvalue weighted by Gasteiger charge is 2.25. The van der Waals surface area contributed by atoms with Crippen LogP contribution >= 0.6 is 35.0 Å². The molecule has 1 unspecified atom stereocenters. The maximum absolute atomic E-state index is 13.1. The Morgan fingerprint density at radius 3 is 2.46 bits per heavy atom. The summed E-state index contributed by atoms with van der Waals surface area (Å²) < 4.78 is 14.9. The molecular weight excluding hydrogens is 512 g/mol. The van der Waals surface area contributed by atoms with Gasteiger partial charge in [-0.1, -0.05) is 48.8 Å². The lowest BCUT2D eigenvalue weighted by atomic mass is 10.0. The molecule has 3 rings (SSSR count). The van der Waals surface area contributed by atoms with Crippen molar-refractivity contribution in [3.8, 4) is 0 Å². The zero-order chi connectivity index (χ0) is 25.5. The standard InChI is InChI=1S/C24H26Cl2FN5O2S/c1-4-32-22(20(11-14(2)3)29-23(34)18-10-5-15(25)12-19(18)26)30-31-24(32)35-13-21(33)28-17-8-6-16(27)7-9-17/h5-10,12,14,20H,4,11,13H2,1-3H3,(H,28,33)(H,29,34). The minimum Gasteiger partial charge on any atom is -0.342 e. The van der Waals surface area contributed by atoms with E-state index in [2.05, 4.69) is 34.7 Å². The molecule has 0 radical (unpaired) electrons. The number of carbonyl (C=O) groups excluding carboxylic acids is 2. The van der Waals surface area contributed by atoms with E-state index >= 15 is 0 Å². The summed E-state index contributed by atoms with van der Waals surface area (Å²) in [6, 6.07) is 9.86. The second-order valence-corrected chi connectivity index (χ2v) is 9.99. The number of halogens is 3.